The summed E-state index contributed by atoms with van der Waals surface area (Å²) in [7, 11) is 3.13. The molecule has 7 heteroatoms. The molecule has 2 amide bonds. The van der Waals surface area contributed by atoms with Crippen LogP contribution < -0.4 is 5.32 Å². The molecule has 0 radical (unpaired) electrons. The van der Waals surface area contributed by atoms with Gasteiger partial charge in [0.2, 0.25) is 5.91 Å². The van der Waals surface area contributed by atoms with Gasteiger partial charge in [0.05, 0.1) is 0 Å². The SMILES string of the molecule is CNC(=O)CCCN(C)C(=O)C(O)c1cc(Cl)cc(Cl)c1. The lowest BCUT2D eigenvalue weighted by Crippen LogP contribution is -2.33. The average Bonchev–Trinajstić information content (AvgIpc) is 2.44. The quantitative estimate of drug-likeness (QED) is 0.837. The average molecular weight is 333 g/mol. The number of amides is 2. The third-order valence-corrected chi connectivity index (χ3v) is 3.42. The summed E-state index contributed by atoms with van der Waals surface area (Å²) in [6, 6.07) is 4.51. The summed E-state index contributed by atoms with van der Waals surface area (Å²) in [5, 5.41) is 13.3. The number of carbonyl (C=O) groups excluding carboxylic acids is 2. The fourth-order valence-electron chi connectivity index (χ4n) is 1.80. The van der Waals surface area contributed by atoms with E-state index < -0.39 is 12.0 Å². The van der Waals surface area contributed by atoms with Gasteiger partial charge in [-0.25, -0.2) is 0 Å². The van der Waals surface area contributed by atoms with Crippen LogP contribution in [0.3, 0.4) is 0 Å². The van der Waals surface area contributed by atoms with Crippen LogP contribution in [-0.4, -0.2) is 42.5 Å². The first-order valence-electron chi connectivity index (χ1n) is 6.44. The van der Waals surface area contributed by atoms with Crippen LogP contribution in [0, 0.1) is 0 Å². The van der Waals surface area contributed by atoms with Gasteiger partial charge < -0.3 is 15.3 Å². The van der Waals surface area contributed by atoms with Crippen molar-refractivity contribution < 1.29 is 14.7 Å². The molecule has 0 aromatic heterocycles. The van der Waals surface area contributed by atoms with Crippen LogP contribution in [0.1, 0.15) is 24.5 Å². The first kappa shape index (κ1) is 17.8. The summed E-state index contributed by atoms with van der Waals surface area (Å²) < 4.78 is 0. The predicted octanol–water partition coefficient (Wildman–Crippen LogP) is 2.01. The van der Waals surface area contributed by atoms with E-state index in [1.165, 1.54) is 23.1 Å². The maximum Gasteiger partial charge on any atom is 0.255 e. The van der Waals surface area contributed by atoms with Crippen LogP contribution in [0.2, 0.25) is 10.0 Å². The van der Waals surface area contributed by atoms with Crippen molar-refractivity contribution in [2.24, 2.45) is 0 Å². The number of nitrogens with one attached hydrogen (secondary N) is 1. The van der Waals surface area contributed by atoms with Gasteiger partial charge in [0.1, 0.15) is 0 Å². The standard InChI is InChI=1S/C14H18Cl2N2O3/c1-17-12(19)4-3-5-18(2)14(21)13(20)9-6-10(15)8-11(16)7-9/h6-8,13,20H,3-5H2,1-2H3,(H,17,19). The maximum absolute atomic E-state index is 12.1. The molecule has 116 valence electrons. The highest BCUT2D eigenvalue weighted by atomic mass is 35.5. The van der Waals surface area contributed by atoms with Crippen LogP contribution >= 0.6 is 23.2 Å². The molecule has 0 saturated carbocycles. The van der Waals surface area contributed by atoms with E-state index in [1.54, 1.807) is 14.1 Å². The molecule has 2 N–H and O–H groups in total. The first-order valence-corrected chi connectivity index (χ1v) is 7.20. The molecule has 1 unspecified atom stereocenters. The van der Waals surface area contributed by atoms with E-state index in [0.29, 0.717) is 35.0 Å². The Hall–Kier alpha value is -1.30. The van der Waals surface area contributed by atoms with E-state index in [-0.39, 0.29) is 5.91 Å². The molecule has 0 aliphatic heterocycles. The molecular weight excluding hydrogens is 315 g/mol. The zero-order valence-corrected chi connectivity index (χ0v) is 13.4. The zero-order chi connectivity index (χ0) is 16.0. The number of hydrogen-bond acceptors (Lipinski definition) is 3. The summed E-state index contributed by atoms with van der Waals surface area (Å²) in [5.41, 5.74) is 0.343. The summed E-state index contributed by atoms with van der Waals surface area (Å²) in [6.07, 6.45) is -0.482. The molecule has 1 aromatic rings. The van der Waals surface area contributed by atoms with Crippen LogP contribution in [0.25, 0.3) is 0 Å². The van der Waals surface area contributed by atoms with Crippen LogP contribution in [0.5, 0.6) is 0 Å². The minimum absolute atomic E-state index is 0.0852. The third-order valence-electron chi connectivity index (χ3n) is 2.99. The normalized spacial score (nSPS) is 11.9. The topological polar surface area (TPSA) is 69.6 Å². The lowest BCUT2D eigenvalue weighted by atomic mass is 10.1. The smallest absolute Gasteiger partial charge is 0.255 e. The Morgan fingerprint density at radius 2 is 1.86 bits per heavy atom. The van der Waals surface area contributed by atoms with Gasteiger partial charge in [-0.3, -0.25) is 9.59 Å². The highest BCUT2D eigenvalue weighted by Crippen LogP contribution is 2.24. The van der Waals surface area contributed by atoms with Crippen LogP contribution in [0.15, 0.2) is 18.2 Å². The number of nitrogens with zero attached hydrogens (tertiary/aromatic N) is 1. The molecular formula is C14H18Cl2N2O3. The lowest BCUT2D eigenvalue weighted by Gasteiger charge is -2.21. The summed E-state index contributed by atoms with van der Waals surface area (Å²) in [4.78, 5) is 24.6. The van der Waals surface area contributed by atoms with Crippen molar-refractivity contribution in [3.05, 3.63) is 33.8 Å². The molecule has 0 fully saturated rings. The Morgan fingerprint density at radius 3 is 2.38 bits per heavy atom. The van der Waals surface area contributed by atoms with E-state index >= 15 is 0 Å². The van der Waals surface area contributed by atoms with Crippen molar-refractivity contribution in [2.75, 3.05) is 20.6 Å². The van der Waals surface area contributed by atoms with Gasteiger partial charge in [-0.1, -0.05) is 23.2 Å². The summed E-state index contributed by atoms with van der Waals surface area (Å²) in [5.74, 6) is -0.553. The lowest BCUT2D eigenvalue weighted by molar-refractivity contribution is -0.139. The fourth-order valence-corrected chi connectivity index (χ4v) is 2.34. The number of aliphatic hydroxyl groups is 1. The highest BCUT2D eigenvalue weighted by molar-refractivity contribution is 6.34. The Balaban J connectivity index is 2.62. The molecule has 21 heavy (non-hydrogen) atoms. The summed E-state index contributed by atoms with van der Waals surface area (Å²) >= 11 is 11.7. The van der Waals surface area contributed by atoms with Crippen molar-refractivity contribution in [3.63, 3.8) is 0 Å². The summed E-state index contributed by atoms with van der Waals surface area (Å²) in [6.45, 7) is 0.373. The number of likely N-dealkylation sites (N-methyl/N-ethyl adjacent to an activating group) is 1. The van der Waals surface area contributed by atoms with Crippen LogP contribution in [-0.2, 0) is 9.59 Å². The number of carbonyl (C=O) groups is 2. The van der Waals surface area contributed by atoms with Gasteiger partial charge in [-0.2, -0.15) is 0 Å². The van der Waals surface area contributed by atoms with E-state index in [2.05, 4.69) is 5.32 Å². The Bertz CT molecular complexity index is 503. The van der Waals surface area contributed by atoms with Gasteiger partial charge in [0.15, 0.2) is 6.10 Å². The minimum atomic E-state index is -1.33. The molecule has 0 aliphatic rings. The van der Waals surface area contributed by atoms with Crippen molar-refractivity contribution in [2.45, 2.75) is 18.9 Å². The number of rotatable bonds is 6. The minimum Gasteiger partial charge on any atom is -0.378 e. The maximum atomic E-state index is 12.1. The Morgan fingerprint density at radius 1 is 1.29 bits per heavy atom. The highest BCUT2D eigenvalue weighted by Gasteiger charge is 2.22. The Kier molecular flexibility index (Phi) is 6.95. The fraction of sp³-hybridized carbons (Fsp3) is 0.429. The zero-order valence-electron chi connectivity index (χ0n) is 11.9. The second-order valence-corrected chi connectivity index (χ2v) is 5.51. The molecule has 1 rings (SSSR count). The van der Waals surface area contributed by atoms with Gasteiger partial charge in [0.25, 0.3) is 5.91 Å². The molecule has 1 aromatic carbocycles. The molecule has 0 saturated heterocycles. The predicted molar refractivity (Wildman–Crippen MR) is 82.4 cm³/mol. The van der Waals surface area contributed by atoms with Crippen LogP contribution in [0.4, 0.5) is 0 Å². The van der Waals surface area contributed by atoms with Crippen molar-refractivity contribution in [1.82, 2.24) is 10.2 Å². The number of halogens is 2. The van der Waals surface area contributed by atoms with Crippen molar-refractivity contribution in [1.29, 1.82) is 0 Å². The second kappa shape index (κ2) is 8.22. The van der Waals surface area contributed by atoms with Gasteiger partial charge in [0, 0.05) is 37.1 Å². The third kappa shape index (κ3) is 5.53. The van der Waals surface area contributed by atoms with E-state index in [9.17, 15) is 14.7 Å². The van der Waals surface area contributed by atoms with Gasteiger partial charge in [-0.05, 0) is 30.2 Å². The molecule has 1 atom stereocenters. The number of benzene rings is 1. The number of aliphatic hydroxyl groups excluding tert-OH is 1. The van der Waals surface area contributed by atoms with Crippen molar-refractivity contribution >= 4 is 35.0 Å². The van der Waals surface area contributed by atoms with E-state index in [4.69, 9.17) is 23.2 Å². The molecule has 0 aliphatic carbocycles. The monoisotopic (exact) mass is 332 g/mol. The van der Waals surface area contributed by atoms with E-state index in [1.807, 2.05) is 0 Å². The first-order chi connectivity index (χ1) is 9.85. The second-order valence-electron chi connectivity index (χ2n) is 4.64. The largest absolute Gasteiger partial charge is 0.378 e. The molecule has 5 nitrogen and oxygen atoms in total. The van der Waals surface area contributed by atoms with Crippen molar-refractivity contribution in [3.8, 4) is 0 Å². The molecule has 0 bridgehead atoms. The van der Waals surface area contributed by atoms with Gasteiger partial charge >= 0.3 is 0 Å². The molecule has 0 spiro atoms. The number of hydrogen-bond donors (Lipinski definition) is 2. The Labute approximate surface area is 133 Å². The molecule has 0 heterocycles. The van der Waals surface area contributed by atoms with Gasteiger partial charge in [-0.15, -0.1) is 0 Å². The van der Waals surface area contributed by atoms with E-state index in [0.717, 1.165) is 0 Å².